The molecule has 0 saturated heterocycles. The summed E-state index contributed by atoms with van der Waals surface area (Å²) < 4.78 is 0. The van der Waals surface area contributed by atoms with Gasteiger partial charge in [0.1, 0.15) is 5.82 Å². The van der Waals surface area contributed by atoms with Crippen LogP contribution in [0.4, 0.5) is 11.8 Å². The van der Waals surface area contributed by atoms with Gasteiger partial charge in [0, 0.05) is 5.57 Å². The minimum Gasteiger partial charge on any atom is -0.383 e. The summed E-state index contributed by atoms with van der Waals surface area (Å²) >= 11 is 0. The van der Waals surface area contributed by atoms with Gasteiger partial charge in [-0.2, -0.15) is 9.97 Å². The van der Waals surface area contributed by atoms with Crippen LogP contribution >= 0.6 is 0 Å². The molecule has 1 aromatic heterocycles. The van der Waals surface area contributed by atoms with Crippen LogP contribution in [0.5, 0.6) is 0 Å². The molecular weight excluding hydrogens is 238 g/mol. The molecule has 0 amide bonds. The maximum absolute atomic E-state index is 6.00. The molecule has 4 rings (SSSR count). The van der Waals surface area contributed by atoms with E-state index >= 15 is 0 Å². The molecule has 0 unspecified atom stereocenters. The molecule has 2 heterocycles. The Hall–Kier alpha value is -2.69. The molecule has 5 nitrogen and oxygen atoms in total. The van der Waals surface area contributed by atoms with Gasteiger partial charge in [-0.1, -0.05) is 30.3 Å². The number of hydrogen-bond acceptors (Lipinski definition) is 5. The third kappa shape index (κ3) is 1.32. The van der Waals surface area contributed by atoms with Gasteiger partial charge in [-0.25, -0.2) is 4.99 Å². The Morgan fingerprint density at radius 1 is 1.05 bits per heavy atom. The van der Waals surface area contributed by atoms with Crippen molar-refractivity contribution in [1.29, 1.82) is 0 Å². The average Bonchev–Trinajstić information content (AvgIpc) is 2.77. The minimum atomic E-state index is 0.160. The second kappa shape index (κ2) is 3.41. The maximum Gasteiger partial charge on any atom is 0.224 e. The van der Waals surface area contributed by atoms with Gasteiger partial charge < -0.3 is 11.5 Å². The summed E-state index contributed by atoms with van der Waals surface area (Å²) in [5.41, 5.74) is 16.6. The van der Waals surface area contributed by atoms with Crippen LogP contribution in [0.2, 0.25) is 0 Å². The average molecular weight is 249 g/mol. The fourth-order valence-electron chi connectivity index (χ4n) is 2.67. The molecule has 0 spiro atoms. The Bertz CT molecular complexity index is 864. The van der Waals surface area contributed by atoms with E-state index in [1.165, 1.54) is 5.56 Å². The number of fused-ring (bicyclic) bond motifs is 4. The van der Waals surface area contributed by atoms with Gasteiger partial charge in [0.05, 0.1) is 10.9 Å². The second-order valence-corrected chi connectivity index (χ2v) is 4.60. The maximum atomic E-state index is 6.00. The molecule has 92 valence electrons. The fraction of sp³-hybridized carbons (Fsp3) is 0.0714. The van der Waals surface area contributed by atoms with Crippen LogP contribution in [-0.4, -0.2) is 9.97 Å². The van der Waals surface area contributed by atoms with Crippen LogP contribution in [0.3, 0.4) is 0 Å². The van der Waals surface area contributed by atoms with Crippen LogP contribution in [0.25, 0.3) is 5.57 Å². The van der Waals surface area contributed by atoms with E-state index in [2.05, 4.69) is 33.2 Å². The molecule has 1 aromatic carbocycles. The molecule has 4 N–H and O–H groups in total. The molecular formula is C14H11N5. The number of nitrogen functional groups attached to an aromatic ring is 2. The largest absolute Gasteiger partial charge is 0.383 e. The lowest BCUT2D eigenvalue weighted by Gasteiger charge is -2.15. The van der Waals surface area contributed by atoms with Crippen LogP contribution in [0.1, 0.15) is 11.1 Å². The topological polar surface area (TPSA) is 90.2 Å². The van der Waals surface area contributed by atoms with Crippen molar-refractivity contribution in [2.75, 3.05) is 11.5 Å². The van der Waals surface area contributed by atoms with E-state index in [1.807, 2.05) is 12.1 Å². The van der Waals surface area contributed by atoms with Crippen molar-refractivity contribution >= 4 is 17.3 Å². The van der Waals surface area contributed by atoms with Crippen molar-refractivity contribution in [1.82, 2.24) is 9.97 Å². The normalized spacial score (nSPS) is 15.2. The van der Waals surface area contributed by atoms with Gasteiger partial charge >= 0.3 is 0 Å². The van der Waals surface area contributed by atoms with Gasteiger partial charge in [0.25, 0.3) is 0 Å². The predicted molar refractivity (Wildman–Crippen MR) is 72.4 cm³/mol. The van der Waals surface area contributed by atoms with Gasteiger partial charge in [0.2, 0.25) is 5.95 Å². The van der Waals surface area contributed by atoms with Gasteiger partial charge in [0.15, 0.2) is 5.49 Å². The summed E-state index contributed by atoms with van der Waals surface area (Å²) in [6, 6.07) is 8.25. The Kier molecular flexibility index (Phi) is 1.84. The first-order chi connectivity index (χ1) is 9.24. The van der Waals surface area contributed by atoms with E-state index in [0.29, 0.717) is 11.3 Å². The van der Waals surface area contributed by atoms with Crippen molar-refractivity contribution in [2.45, 2.75) is 6.42 Å². The van der Waals surface area contributed by atoms with Crippen molar-refractivity contribution in [3.05, 3.63) is 57.9 Å². The molecule has 0 radical (unpaired) electrons. The molecule has 0 saturated carbocycles. The highest BCUT2D eigenvalue weighted by Crippen LogP contribution is 2.31. The summed E-state index contributed by atoms with van der Waals surface area (Å²) in [5, 5.41) is 0.799. The highest BCUT2D eigenvalue weighted by molar-refractivity contribution is 5.84. The van der Waals surface area contributed by atoms with Crippen LogP contribution in [-0.2, 0) is 6.42 Å². The lowest BCUT2D eigenvalue weighted by atomic mass is 9.90. The van der Waals surface area contributed by atoms with E-state index in [-0.39, 0.29) is 5.95 Å². The van der Waals surface area contributed by atoms with Gasteiger partial charge in [-0.15, -0.1) is 0 Å². The summed E-state index contributed by atoms with van der Waals surface area (Å²) in [7, 11) is 0. The zero-order valence-corrected chi connectivity index (χ0v) is 10.1. The molecule has 1 aliphatic carbocycles. The van der Waals surface area contributed by atoms with Crippen molar-refractivity contribution in [3.8, 4) is 0 Å². The van der Waals surface area contributed by atoms with Crippen molar-refractivity contribution in [3.63, 3.8) is 0 Å². The van der Waals surface area contributed by atoms with E-state index < -0.39 is 0 Å². The third-order valence-corrected chi connectivity index (χ3v) is 3.47. The number of nitrogens with zero attached hydrogens (tertiary/aromatic N) is 3. The smallest absolute Gasteiger partial charge is 0.224 e. The van der Waals surface area contributed by atoms with Gasteiger partial charge in [-0.3, -0.25) is 0 Å². The SMILES string of the molecule is Nc1nc(N)c2c(n1)=NC1=CCc3ccccc3C=21. The van der Waals surface area contributed by atoms with E-state index in [9.17, 15) is 0 Å². The highest BCUT2D eigenvalue weighted by Gasteiger charge is 2.23. The Morgan fingerprint density at radius 3 is 2.79 bits per heavy atom. The summed E-state index contributed by atoms with van der Waals surface area (Å²) in [6.45, 7) is 0. The van der Waals surface area contributed by atoms with Crippen LogP contribution < -0.4 is 22.2 Å². The molecule has 2 aliphatic rings. The van der Waals surface area contributed by atoms with Crippen molar-refractivity contribution < 1.29 is 0 Å². The number of aromatic nitrogens is 2. The first-order valence-electron chi connectivity index (χ1n) is 6.05. The van der Waals surface area contributed by atoms with Crippen LogP contribution in [0.15, 0.2) is 41.0 Å². The lowest BCUT2D eigenvalue weighted by Crippen LogP contribution is -2.32. The summed E-state index contributed by atoms with van der Waals surface area (Å²) in [5.74, 6) is 0.550. The second-order valence-electron chi connectivity index (χ2n) is 4.60. The highest BCUT2D eigenvalue weighted by atomic mass is 15.1. The number of anilines is 2. The molecule has 0 fully saturated rings. The molecule has 5 heteroatoms. The Morgan fingerprint density at radius 2 is 1.89 bits per heavy atom. The Labute approximate surface area is 109 Å². The summed E-state index contributed by atoms with van der Waals surface area (Å²) in [6.07, 6.45) is 2.96. The number of benzene rings is 1. The van der Waals surface area contributed by atoms with E-state index in [4.69, 9.17) is 11.5 Å². The first kappa shape index (κ1) is 10.3. The van der Waals surface area contributed by atoms with E-state index in [1.54, 1.807) is 0 Å². The molecule has 0 bridgehead atoms. The number of rotatable bonds is 0. The molecule has 19 heavy (non-hydrogen) atoms. The zero-order valence-electron chi connectivity index (χ0n) is 10.1. The van der Waals surface area contributed by atoms with Crippen LogP contribution in [0, 0.1) is 0 Å². The lowest BCUT2D eigenvalue weighted by molar-refractivity contribution is 1.07. The zero-order chi connectivity index (χ0) is 13.0. The molecule has 2 aromatic rings. The minimum absolute atomic E-state index is 0.160. The standard InChI is InChI=1S/C14H11N5/c15-12-11-10-8-4-2-1-3-7(8)5-6-9(10)17-13(11)19-14(16)18-12/h1-4,6H,5H2,(H4,15,16,17,18,19). The van der Waals surface area contributed by atoms with Crippen molar-refractivity contribution in [2.24, 2.45) is 4.99 Å². The third-order valence-electron chi connectivity index (χ3n) is 3.47. The quantitative estimate of drug-likeness (QED) is 0.683. The van der Waals surface area contributed by atoms with Gasteiger partial charge in [-0.05, 0) is 17.5 Å². The molecule has 0 atom stereocenters. The fourth-order valence-corrected chi connectivity index (χ4v) is 2.67. The Balaban J connectivity index is 2.20. The summed E-state index contributed by atoms with van der Waals surface area (Å²) in [4.78, 5) is 12.7. The predicted octanol–water partition coefficient (Wildman–Crippen LogP) is -0.0868. The first-order valence-corrected chi connectivity index (χ1v) is 6.05. The van der Waals surface area contributed by atoms with E-state index in [0.717, 1.165) is 28.5 Å². The monoisotopic (exact) mass is 249 g/mol. The number of nitrogens with two attached hydrogens (primary N) is 2. The number of hydrogen-bond donors (Lipinski definition) is 2. The number of allylic oxidation sites excluding steroid dienone is 2. The molecule has 1 aliphatic heterocycles.